The van der Waals surface area contributed by atoms with E-state index in [2.05, 4.69) is 32.6 Å². The van der Waals surface area contributed by atoms with E-state index in [1.54, 1.807) is 0 Å². The minimum absolute atomic E-state index is 0.558. The molecule has 6 heteroatoms. The molecule has 1 aliphatic rings. The van der Waals surface area contributed by atoms with Gasteiger partial charge in [0.25, 0.3) is 0 Å². The van der Waals surface area contributed by atoms with Crippen LogP contribution in [0.4, 0.5) is 11.6 Å². The standard InChI is InChI=1S/C15H22N6/c1-3-16-13-8-14(20-15(19-13)12-4-5-12)17-7-6-11-9-18-21(2)10-11/h8-10,12H,3-7H2,1-2H3,(H2,16,17,19,20). The monoisotopic (exact) mass is 286 g/mol. The largest absolute Gasteiger partial charge is 0.370 e. The molecule has 2 heterocycles. The zero-order chi connectivity index (χ0) is 14.7. The van der Waals surface area contributed by atoms with Crippen molar-refractivity contribution in [2.75, 3.05) is 23.7 Å². The summed E-state index contributed by atoms with van der Waals surface area (Å²) in [6.45, 7) is 3.79. The van der Waals surface area contributed by atoms with Crippen LogP contribution in [0.5, 0.6) is 0 Å². The Labute approximate surface area is 125 Å². The molecule has 2 N–H and O–H groups in total. The van der Waals surface area contributed by atoms with Gasteiger partial charge in [0.1, 0.15) is 17.5 Å². The molecular formula is C15H22N6. The summed E-state index contributed by atoms with van der Waals surface area (Å²) in [4.78, 5) is 9.21. The molecule has 1 aliphatic carbocycles. The van der Waals surface area contributed by atoms with Crippen molar-refractivity contribution in [3.05, 3.63) is 29.8 Å². The lowest BCUT2D eigenvalue weighted by atomic mass is 10.2. The van der Waals surface area contributed by atoms with Gasteiger partial charge < -0.3 is 10.6 Å². The summed E-state index contributed by atoms with van der Waals surface area (Å²) in [5.74, 6) is 3.35. The second-order valence-corrected chi connectivity index (χ2v) is 5.50. The normalized spacial score (nSPS) is 14.2. The summed E-state index contributed by atoms with van der Waals surface area (Å²) in [7, 11) is 1.94. The maximum Gasteiger partial charge on any atom is 0.136 e. The molecule has 2 aromatic heterocycles. The number of hydrogen-bond donors (Lipinski definition) is 2. The molecule has 0 atom stereocenters. The van der Waals surface area contributed by atoms with Crippen molar-refractivity contribution in [1.82, 2.24) is 19.7 Å². The molecule has 1 fully saturated rings. The van der Waals surface area contributed by atoms with Crippen molar-refractivity contribution >= 4 is 11.6 Å². The molecule has 21 heavy (non-hydrogen) atoms. The maximum atomic E-state index is 4.63. The summed E-state index contributed by atoms with van der Waals surface area (Å²) >= 11 is 0. The van der Waals surface area contributed by atoms with Crippen LogP contribution in [-0.2, 0) is 13.5 Å². The summed E-state index contributed by atoms with van der Waals surface area (Å²) in [5.41, 5.74) is 1.23. The van der Waals surface area contributed by atoms with Crippen LogP contribution < -0.4 is 10.6 Å². The molecule has 2 aromatic rings. The number of aryl methyl sites for hydroxylation is 1. The van der Waals surface area contributed by atoms with Gasteiger partial charge in [-0.25, -0.2) is 9.97 Å². The molecule has 0 unspecified atom stereocenters. The van der Waals surface area contributed by atoms with Gasteiger partial charge in [-0.1, -0.05) is 0 Å². The minimum atomic E-state index is 0.558. The Balaban J connectivity index is 1.63. The van der Waals surface area contributed by atoms with Crippen LogP contribution in [-0.4, -0.2) is 32.8 Å². The first-order valence-corrected chi connectivity index (χ1v) is 7.59. The quantitative estimate of drug-likeness (QED) is 0.816. The van der Waals surface area contributed by atoms with E-state index < -0.39 is 0 Å². The third kappa shape index (κ3) is 3.71. The van der Waals surface area contributed by atoms with Crippen LogP contribution in [0.25, 0.3) is 0 Å². The lowest BCUT2D eigenvalue weighted by molar-refractivity contribution is 0.766. The number of rotatable bonds is 7. The molecule has 0 bridgehead atoms. The summed E-state index contributed by atoms with van der Waals surface area (Å²) < 4.78 is 1.83. The predicted molar refractivity (Wildman–Crippen MR) is 83.6 cm³/mol. The number of nitrogens with one attached hydrogen (secondary N) is 2. The molecule has 6 nitrogen and oxygen atoms in total. The highest BCUT2D eigenvalue weighted by Crippen LogP contribution is 2.38. The molecule has 112 valence electrons. The van der Waals surface area contributed by atoms with Crippen LogP contribution in [0.2, 0.25) is 0 Å². The van der Waals surface area contributed by atoms with Crippen LogP contribution in [0.1, 0.15) is 37.1 Å². The van der Waals surface area contributed by atoms with E-state index in [0.29, 0.717) is 5.92 Å². The Hall–Kier alpha value is -2.11. The van der Waals surface area contributed by atoms with Crippen molar-refractivity contribution < 1.29 is 0 Å². The van der Waals surface area contributed by atoms with Crippen molar-refractivity contribution in [3.8, 4) is 0 Å². The van der Waals surface area contributed by atoms with E-state index in [1.807, 2.05) is 30.2 Å². The fourth-order valence-corrected chi connectivity index (χ4v) is 2.29. The average Bonchev–Trinajstić information content (AvgIpc) is 3.23. The molecule has 0 saturated heterocycles. The molecule has 3 rings (SSSR count). The van der Waals surface area contributed by atoms with Gasteiger partial charge in [0.05, 0.1) is 6.20 Å². The minimum Gasteiger partial charge on any atom is -0.370 e. The maximum absolute atomic E-state index is 4.63. The van der Waals surface area contributed by atoms with Gasteiger partial charge in [-0.15, -0.1) is 0 Å². The Morgan fingerprint density at radius 3 is 2.62 bits per heavy atom. The van der Waals surface area contributed by atoms with Crippen LogP contribution >= 0.6 is 0 Å². The lowest BCUT2D eigenvalue weighted by Crippen LogP contribution is -2.10. The number of aromatic nitrogens is 4. The summed E-state index contributed by atoms with van der Waals surface area (Å²) in [6.07, 6.45) is 7.31. The van der Waals surface area contributed by atoms with Crippen molar-refractivity contribution in [2.24, 2.45) is 7.05 Å². The highest BCUT2D eigenvalue weighted by molar-refractivity contribution is 5.48. The van der Waals surface area contributed by atoms with E-state index >= 15 is 0 Å². The van der Waals surface area contributed by atoms with Crippen molar-refractivity contribution in [3.63, 3.8) is 0 Å². The van der Waals surface area contributed by atoms with E-state index in [4.69, 9.17) is 0 Å². The topological polar surface area (TPSA) is 67.7 Å². The second-order valence-electron chi connectivity index (χ2n) is 5.50. The second kappa shape index (κ2) is 6.11. The van der Waals surface area contributed by atoms with E-state index in [0.717, 1.165) is 37.0 Å². The molecular weight excluding hydrogens is 264 g/mol. The Morgan fingerprint density at radius 2 is 2.00 bits per heavy atom. The Kier molecular flexibility index (Phi) is 4.03. The highest BCUT2D eigenvalue weighted by atomic mass is 15.2. The zero-order valence-electron chi connectivity index (χ0n) is 12.6. The first-order valence-electron chi connectivity index (χ1n) is 7.59. The smallest absolute Gasteiger partial charge is 0.136 e. The third-order valence-electron chi connectivity index (χ3n) is 3.52. The fraction of sp³-hybridized carbons (Fsp3) is 0.533. The van der Waals surface area contributed by atoms with Crippen molar-refractivity contribution in [2.45, 2.75) is 32.1 Å². The highest BCUT2D eigenvalue weighted by Gasteiger charge is 2.27. The van der Waals surface area contributed by atoms with Crippen LogP contribution in [0, 0.1) is 0 Å². The molecule has 1 saturated carbocycles. The molecule has 0 radical (unpaired) electrons. The van der Waals surface area contributed by atoms with Gasteiger partial charge in [-0.05, 0) is 31.7 Å². The number of hydrogen-bond acceptors (Lipinski definition) is 5. The predicted octanol–water partition coefficient (Wildman–Crippen LogP) is 2.17. The van der Waals surface area contributed by atoms with E-state index in [9.17, 15) is 0 Å². The van der Waals surface area contributed by atoms with Crippen LogP contribution in [0.3, 0.4) is 0 Å². The first-order chi connectivity index (χ1) is 10.2. The first kappa shape index (κ1) is 13.9. The fourth-order valence-electron chi connectivity index (χ4n) is 2.29. The molecule has 0 aliphatic heterocycles. The van der Waals surface area contributed by atoms with Gasteiger partial charge in [0.15, 0.2) is 0 Å². The molecule has 0 aromatic carbocycles. The average molecular weight is 286 g/mol. The van der Waals surface area contributed by atoms with Gasteiger partial charge in [0.2, 0.25) is 0 Å². The lowest BCUT2D eigenvalue weighted by Gasteiger charge is -2.10. The van der Waals surface area contributed by atoms with Gasteiger partial charge >= 0.3 is 0 Å². The van der Waals surface area contributed by atoms with E-state index in [-0.39, 0.29) is 0 Å². The molecule has 0 amide bonds. The van der Waals surface area contributed by atoms with Crippen LogP contribution in [0.15, 0.2) is 18.5 Å². The third-order valence-corrected chi connectivity index (χ3v) is 3.52. The SMILES string of the molecule is CCNc1cc(NCCc2cnn(C)c2)nc(C2CC2)n1. The Morgan fingerprint density at radius 1 is 1.24 bits per heavy atom. The van der Waals surface area contributed by atoms with Crippen molar-refractivity contribution in [1.29, 1.82) is 0 Å². The van der Waals surface area contributed by atoms with Gasteiger partial charge in [0, 0.05) is 38.3 Å². The zero-order valence-corrected chi connectivity index (χ0v) is 12.6. The Bertz CT molecular complexity index is 602. The van der Waals surface area contributed by atoms with E-state index in [1.165, 1.54) is 18.4 Å². The van der Waals surface area contributed by atoms with Gasteiger partial charge in [-0.3, -0.25) is 4.68 Å². The number of anilines is 2. The summed E-state index contributed by atoms with van der Waals surface area (Å²) in [6, 6.07) is 1.98. The summed E-state index contributed by atoms with van der Waals surface area (Å²) in [5, 5.41) is 10.9. The number of nitrogens with zero attached hydrogens (tertiary/aromatic N) is 4. The van der Waals surface area contributed by atoms with Gasteiger partial charge in [-0.2, -0.15) is 5.10 Å². The molecule has 0 spiro atoms.